The molecule has 19 heavy (non-hydrogen) atoms. The summed E-state index contributed by atoms with van der Waals surface area (Å²) in [5.74, 6) is 1.38. The maximum atomic E-state index is 8.74. The maximum absolute atomic E-state index is 8.74. The van der Waals surface area contributed by atoms with Crippen LogP contribution < -0.4 is 15.4 Å². The number of nitrogens with zero attached hydrogens (tertiary/aromatic N) is 2. The highest BCUT2D eigenvalue weighted by molar-refractivity contribution is 5.54. The van der Waals surface area contributed by atoms with Gasteiger partial charge in [-0.1, -0.05) is 6.92 Å². The second-order valence-electron chi connectivity index (χ2n) is 4.62. The number of aliphatic hydroxyl groups excluding tert-OH is 1. The lowest BCUT2D eigenvalue weighted by molar-refractivity contribution is 0.283. The molecule has 1 aromatic heterocycles. The molecule has 0 atom stereocenters. The van der Waals surface area contributed by atoms with Crippen LogP contribution in [-0.2, 0) is 0 Å². The van der Waals surface area contributed by atoms with Crippen molar-refractivity contribution >= 4 is 11.5 Å². The van der Waals surface area contributed by atoms with Crippen molar-refractivity contribution in [3.8, 4) is 5.88 Å². The Labute approximate surface area is 115 Å². The summed E-state index contributed by atoms with van der Waals surface area (Å²) in [4.78, 5) is 6.52. The molecule has 0 aliphatic carbocycles. The van der Waals surface area contributed by atoms with Crippen LogP contribution in [0, 0.1) is 0 Å². The van der Waals surface area contributed by atoms with Crippen molar-refractivity contribution in [2.75, 3.05) is 37.4 Å². The van der Waals surface area contributed by atoms with Gasteiger partial charge in [-0.3, -0.25) is 0 Å². The summed E-state index contributed by atoms with van der Waals surface area (Å²) in [6.45, 7) is 3.84. The van der Waals surface area contributed by atoms with Crippen LogP contribution in [0.4, 0.5) is 11.5 Å². The number of nitrogens with two attached hydrogens (primary N) is 1. The number of hydrogen-bond acceptors (Lipinski definition) is 5. The molecule has 1 heterocycles. The number of aliphatic hydroxyl groups is 1. The highest BCUT2D eigenvalue weighted by atomic mass is 16.5. The quantitative estimate of drug-likeness (QED) is 0.670. The van der Waals surface area contributed by atoms with E-state index < -0.39 is 0 Å². The molecule has 1 rings (SSSR count). The zero-order valence-electron chi connectivity index (χ0n) is 11.9. The van der Waals surface area contributed by atoms with E-state index in [4.69, 9.17) is 15.6 Å². The molecule has 0 saturated carbocycles. The minimum atomic E-state index is 0.263. The highest BCUT2D eigenvalue weighted by Crippen LogP contribution is 2.22. The number of anilines is 2. The van der Waals surface area contributed by atoms with Crippen LogP contribution in [0.5, 0.6) is 5.88 Å². The molecule has 108 valence electrons. The second-order valence-corrected chi connectivity index (χ2v) is 4.62. The third kappa shape index (κ3) is 5.34. The van der Waals surface area contributed by atoms with E-state index in [0.717, 1.165) is 38.0 Å². The molecule has 0 bridgehead atoms. The number of pyridine rings is 1. The Morgan fingerprint density at radius 3 is 2.79 bits per heavy atom. The average Bonchev–Trinajstić information content (AvgIpc) is 2.42. The summed E-state index contributed by atoms with van der Waals surface area (Å²) >= 11 is 0. The SMILES string of the molecule is CCCOc1nc(N(C)CCCCCO)ccc1N. The lowest BCUT2D eigenvalue weighted by Gasteiger charge is -2.19. The predicted octanol–water partition coefficient (Wildman–Crippen LogP) is 2.05. The standard InChI is InChI=1S/C14H25N3O2/c1-3-11-19-14-12(15)7-8-13(16-14)17(2)9-5-4-6-10-18/h7-8,18H,3-6,9-11,15H2,1-2H3. The third-order valence-corrected chi connectivity index (χ3v) is 2.86. The van der Waals surface area contributed by atoms with Gasteiger partial charge in [-0.05, 0) is 37.8 Å². The van der Waals surface area contributed by atoms with Gasteiger partial charge < -0.3 is 20.5 Å². The van der Waals surface area contributed by atoms with Crippen molar-refractivity contribution in [2.24, 2.45) is 0 Å². The summed E-state index contributed by atoms with van der Waals surface area (Å²) in [6, 6.07) is 3.73. The van der Waals surface area contributed by atoms with Crippen LogP contribution in [0.3, 0.4) is 0 Å². The number of unbranched alkanes of at least 4 members (excludes halogenated alkanes) is 2. The molecule has 0 aliphatic heterocycles. The number of hydrogen-bond donors (Lipinski definition) is 2. The smallest absolute Gasteiger partial charge is 0.239 e. The van der Waals surface area contributed by atoms with Gasteiger partial charge in [0, 0.05) is 20.2 Å². The fourth-order valence-corrected chi connectivity index (χ4v) is 1.72. The Morgan fingerprint density at radius 1 is 1.32 bits per heavy atom. The van der Waals surface area contributed by atoms with Gasteiger partial charge in [-0.2, -0.15) is 4.98 Å². The van der Waals surface area contributed by atoms with Gasteiger partial charge in [-0.25, -0.2) is 0 Å². The summed E-state index contributed by atoms with van der Waals surface area (Å²) < 4.78 is 5.52. The lowest BCUT2D eigenvalue weighted by Crippen LogP contribution is -2.20. The van der Waals surface area contributed by atoms with Gasteiger partial charge in [0.15, 0.2) is 0 Å². The van der Waals surface area contributed by atoms with E-state index in [1.165, 1.54) is 0 Å². The number of nitrogen functional groups attached to an aromatic ring is 1. The van der Waals surface area contributed by atoms with Crippen molar-refractivity contribution in [1.29, 1.82) is 0 Å². The van der Waals surface area contributed by atoms with E-state index in [2.05, 4.69) is 9.88 Å². The summed E-state index contributed by atoms with van der Waals surface area (Å²) in [6.07, 6.45) is 3.85. The minimum Gasteiger partial charge on any atom is -0.476 e. The Kier molecular flexibility index (Phi) is 7.03. The van der Waals surface area contributed by atoms with Gasteiger partial charge >= 0.3 is 0 Å². The van der Waals surface area contributed by atoms with Crippen LogP contribution >= 0.6 is 0 Å². The van der Waals surface area contributed by atoms with E-state index in [9.17, 15) is 0 Å². The van der Waals surface area contributed by atoms with Crippen molar-refractivity contribution in [2.45, 2.75) is 32.6 Å². The zero-order chi connectivity index (χ0) is 14.1. The normalized spacial score (nSPS) is 10.5. The molecular weight excluding hydrogens is 242 g/mol. The molecule has 3 N–H and O–H groups in total. The first-order valence-electron chi connectivity index (χ1n) is 6.90. The molecule has 0 spiro atoms. The van der Waals surface area contributed by atoms with Crippen molar-refractivity contribution < 1.29 is 9.84 Å². The molecule has 0 fully saturated rings. The first-order chi connectivity index (χ1) is 9.19. The van der Waals surface area contributed by atoms with Crippen LogP contribution in [-0.4, -0.2) is 36.9 Å². The third-order valence-electron chi connectivity index (χ3n) is 2.86. The molecule has 0 aromatic carbocycles. The fraction of sp³-hybridized carbons (Fsp3) is 0.643. The van der Waals surface area contributed by atoms with Crippen molar-refractivity contribution in [3.63, 3.8) is 0 Å². The van der Waals surface area contributed by atoms with E-state index in [0.29, 0.717) is 18.2 Å². The van der Waals surface area contributed by atoms with E-state index >= 15 is 0 Å². The molecular formula is C14H25N3O2. The van der Waals surface area contributed by atoms with Crippen molar-refractivity contribution in [3.05, 3.63) is 12.1 Å². The van der Waals surface area contributed by atoms with Crippen LogP contribution in [0.1, 0.15) is 32.6 Å². The molecule has 5 nitrogen and oxygen atoms in total. The summed E-state index contributed by atoms with van der Waals surface area (Å²) in [5, 5.41) is 8.74. The Bertz CT molecular complexity index is 372. The monoisotopic (exact) mass is 267 g/mol. The van der Waals surface area contributed by atoms with Gasteiger partial charge in [0.25, 0.3) is 0 Å². The minimum absolute atomic E-state index is 0.263. The molecule has 5 heteroatoms. The van der Waals surface area contributed by atoms with Crippen LogP contribution in [0.25, 0.3) is 0 Å². The fourth-order valence-electron chi connectivity index (χ4n) is 1.72. The maximum Gasteiger partial charge on any atom is 0.239 e. The summed E-state index contributed by atoms with van der Waals surface area (Å²) in [7, 11) is 2.00. The van der Waals surface area contributed by atoms with E-state index in [-0.39, 0.29) is 6.61 Å². The van der Waals surface area contributed by atoms with Crippen LogP contribution in [0.2, 0.25) is 0 Å². The number of rotatable bonds is 9. The molecule has 0 radical (unpaired) electrons. The summed E-state index contributed by atoms with van der Waals surface area (Å²) in [5.41, 5.74) is 6.41. The largest absolute Gasteiger partial charge is 0.476 e. The van der Waals surface area contributed by atoms with Gasteiger partial charge in [0.05, 0.1) is 12.3 Å². The van der Waals surface area contributed by atoms with E-state index in [1.807, 2.05) is 26.1 Å². The van der Waals surface area contributed by atoms with Gasteiger partial charge in [0.2, 0.25) is 5.88 Å². The molecule has 0 saturated heterocycles. The Hall–Kier alpha value is -1.49. The zero-order valence-corrected chi connectivity index (χ0v) is 11.9. The van der Waals surface area contributed by atoms with E-state index in [1.54, 1.807) is 0 Å². The van der Waals surface area contributed by atoms with Crippen molar-refractivity contribution in [1.82, 2.24) is 4.98 Å². The molecule has 0 amide bonds. The number of aromatic nitrogens is 1. The molecule has 1 aromatic rings. The molecule has 0 unspecified atom stereocenters. The highest BCUT2D eigenvalue weighted by Gasteiger charge is 2.07. The Morgan fingerprint density at radius 2 is 2.11 bits per heavy atom. The van der Waals surface area contributed by atoms with Gasteiger partial charge in [-0.15, -0.1) is 0 Å². The first kappa shape index (κ1) is 15.6. The topological polar surface area (TPSA) is 71.6 Å². The lowest BCUT2D eigenvalue weighted by atomic mass is 10.2. The molecule has 0 aliphatic rings. The number of ether oxygens (including phenoxy) is 1. The average molecular weight is 267 g/mol. The van der Waals surface area contributed by atoms with Gasteiger partial charge in [0.1, 0.15) is 5.82 Å². The Balaban J connectivity index is 2.56. The van der Waals surface area contributed by atoms with Crippen LogP contribution in [0.15, 0.2) is 12.1 Å². The second kappa shape index (κ2) is 8.58. The predicted molar refractivity (Wildman–Crippen MR) is 78.6 cm³/mol. The first-order valence-corrected chi connectivity index (χ1v) is 6.90.